The third kappa shape index (κ3) is 2.42. The van der Waals surface area contributed by atoms with Crippen LogP contribution in [0.25, 0.3) is 0 Å². The third-order valence-electron chi connectivity index (χ3n) is 2.42. The molecule has 0 aliphatic rings. The average molecular weight is 219 g/mol. The second-order valence-corrected chi connectivity index (χ2v) is 3.76. The zero-order valence-electron chi connectivity index (χ0n) is 9.72. The van der Waals surface area contributed by atoms with Gasteiger partial charge in [0, 0.05) is 25.9 Å². The van der Waals surface area contributed by atoms with E-state index in [9.17, 15) is 0 Å². The number of nitrogens with zero attached hydrogens (tertiary/aromatic N) is 4. The molecule has 0 aromatic carbocycles. The number of aryl methyl sites for hydroxylation is 2. The number of hydrogen-bond acceptors (Lipinski definition) is 3. The highest BCUT2D eigenvalue weighted by Gasteiger charge is 2.00. The van der Waals surface area contributed by atoms with Crippen LogP contribution in [0.3, 0.4) is 0 Å². The standard InChI is InChI=1S/C11H17N5/c1-3-7-16-8-5-10(14-16)9-12-11-4-6-13-15(11)2/h4-6,8,12H,3,7,9H2,1-2H3. The fraction of sp³-hybridized carbons (Fsp3) is 0.455. The minimum atomic E-state index is 0.732. The van der Waals surface area contributed by atoms with Crippen molar-refractivity contribution in [2.75, 3.05) is 5.32 Å². The van der Waals surface area contributed by atoms with Crippen LogP contribution in [0.15, 0.2) is 24.5 Å². The van der Waals surface area contributed by atoms with Crippen molar-refractivity contribution in [3.8, 4) is 0 Å². The summed E-state index contributed by atoms with van der Waals surface area (Å²) in [5, 5.41) is 11.8. The Labute approximate surface area is 95.1 Å². The molecule has 1 N–H and O–H groups in total. The summed E-state index contributed by atoms with van der Waals surface area (Å²) < 4.78 is 3.78. The van der Waals surface area contributed by atoms with Gasteiger partial charge in [0.1, 0.15) is 5.82 Å². The molecule has 5 heteroatoms. The summed E-state index contributed by atoms with van der Waals surface area (Å²) in [7, 11) is 1.91. The van der Waals surface area contributed by atoms with E-state index >= 15 is 0 Å². The first-order valence-corrected chi connectivity index (χ1v) is 5.54. The minimum Gasteiger partial charge on any atom is -0.365 e. The molecule has 0 unspecified atom stereocenters. The SMILES string of the molecule is CCCn1ccc(CNc2ccnn2C)n1. The van der Waals surface area contributed by atoms with E-state index in [1.807, 2.05) is 34.7 Å². The van der Waals surface area contributed by atoms with Gasteiger partial charge in [-0.25, -0.2) is 0 Å². The predicted molar refractivity (Wildman–Crippen MR) is 63.1 cm³/mol. The molecule has 0 aliphatic carbocycles. The fourth-order valence-electron chi connectivity index (χ4n) is 1.58. The zero-order chi connectivity index (χ0) is 11.4. The Morgan fingerprint density at radius 1 is 1.38 bits per heavy atom. The van der Waals surface area contributed by atoms with Crippen molar-refractivity contribution in [3.63, 3.8) is 0 Å². The fourth-order valence-corrected chi connectivity index (χ4v) is 1.58. The summed E-state index contributed by atoms with van der Waals surface area (Å²) in [5.74, 6) is 1.00. The summed E-state index contributed by atoms with van der Waals surface area (Å²) in [6, 6.07) is 3.99. The van der Waals surface area contributed by atoms with E-state index in [0.29, 0.717) is 0 Å². The van der Waals surface area contributed by atoms with E-state index < -0.39 is 0 Å². The van der Waals surface area contributed by atoms with Gasteiger partial charge in [0.15, 0.2) is 0 Å². The first-order valence-electron chi connectivity index (χ1n) is 5.54. The van der Waals surface area contributed by atoms with Crippen LogP contribution in [0.2, 0.25) is 0 Å². The number of nitrogens with one attached hydrogen (secondary N) is 1. The first kappa shape index (κ1) is 10.7. The van der Waals surface area contributed by atoms with Gasteiger partial charge in [-0.15, -0.1) is 0 Å². The number of aromatic nitrogens is 4. The van der Waals surface area contributed by atoms with Crippen molar-refractivity contribution in [1.29, 1.82) is 0 Å². The van der Waals surface area contributed by atoms with Gasteiger partial charge in [-0.05, 0) is 12.5 Å². The molecule has 5 nitrogen and oxygen atoms in total. The van der Waals surface area contributed by atoms with Crippen LogP contribution < -0.4 is 5.32 Å². The summed E-state index contributed by atoms with van der Waals surface area (Å²) in [5.41, 5.74) is 1.05. The third-order valence-corrected chi connectivity index (χ3v) is 2.42. The van der Waals surface area contributed by atoms with E-state index in [4.69, 9.17) is 0 Å². The van der Waals surface area contributed by atoms with E-state index in [-0.39, 0.29) is 0 Å². The summed E-state index contributed by atoms with van der Waals surface area (Å²) in [4.78, 5) is 0. The second-order valence-electron chi connectivity index (χ2n) is 3.76. The van der Waals surface area contributed by atoms with Gasteiger partial charge in [-0.2, -0.15) is 10.2 Å². The molecule has 0 bridgehead atoms. The van der Waals surface area contributed by atoms with Gasteiger partial charge in [0.2, 0.25) is 0 Å². The summed E-state index contributed by atoms with van der Waals surface area (Å²) in [6.45, 7) is 3.86. The van der Waals surface area contributed by atoms with Crippen molar-refractivity contribution in [3.05, 3.63) is 30.2 Å². The van der Waals surface area contributed by atoms with E-state index in [1.165, 1.54) is 0 Å². The molecule has 0 aliphatic heterocycles. The van der Waals surface area contributed by atoms with Crippen LogP contribution in [-0.4, -0.2) is 19.6 Å². The van der Waals surface area contributed by atoms with Gasteiger partial charge < -0.3 is 5.32 Å². The van der Waals surface area contributed by atoms with Crippen LogP contribution in [0, 0.1) is 0 Å². The lowest BCUT2D eigenvalue weighted by atomic mass is 10.4. The van der Waals surface area contributed by atoms with Crippen LogP contribution in [0.1, 0.15) is 19.0 Å². The molecule has 2 aromatic heterocycles. The van der Waals surface area contributed by atoms with Gasteiger partial charge in [0.25, 0.3) is 0 Å². The molecule has 0 radical (unpaired) electrons. The van der Waals surface area contributed by atoms with Crippen LogP contribution >= 0.6 is 0 Å². The van der Waals surface area contributed by atoms with Crippen LogP contribution in [-0.2, 0) is 20.1 Å². The van der Waals surface area contributed by atoms with Crippen LogP contribution in [0.5, 0.6) is 0 Å². The minimum absolute atomic E-state index is 0.732. The van der Waals surface area contributed by atoms with Gasteiger partial charge in [-0.1, -0.05) is 6.92 Å². The van der Waals surface area contributed by atoms with Gasteiger partial charge in [-0.3, -0.25) is 9.36 Å². The van der Waals surface area contributed by atoms with Crippen molar-refractivity contribution in [1.82, 2.24) is 19.6 Å². The maximum Gasteiger partial charge on any atom is 0.124 e. The van der Waals surface area contributed by atoms with E-state index in [2.05, 4.69) is 22.4 Å². The molecule has 2 aromatic rings. The quantitative estimate of drug-likeness (QED) is 0.831. The summed E-state index contributed by atoms with van der Waals surface area (Å²) in [6.07, 6.45) is 4.90. The first-order chi connectivity index (χ1) is 7.79. The molecule has 2 rings (SSSR count). The van der Waals surface area contributed by atoms with Gasteiger partial charge >= 0.3 is 0 Å². The Hall–Kier alpha value is -1.78. The number of anilines is 1. The monoisotopic (exact) mass is 219 g/mol. The molecule has 0 saturated carbocycles. The Morgan fingerprint density at radius 3 is 2.94 bits per heavy atom. The molecular formula is C11H17N5. The molecule has 0 saturated heterocycles. The topological polar surface area (TPSA) is 47.7 Å². The molecule has 16 heavy (non-hydrogen) atoms. The Morgan fingerprint density at radius 2 is 2.25 bits per heavy atom. The Kier molecular flexibility index (Phi) is 3.24. The van der Waals surface area contributed by atoms with E-state index in [0.717, 1.165) is 31.0 Å². The molecular weight excluding hydrogens is 202 g/mol. The highest BCUT2D eigenvalue weighted by molar-refractivity contribution is 5.33. The maximum atomic E-state index is 4.45. The molecule has 0 fully saturated rings. The average Bonchev–Trinajstić information content (AvgIpc) is 2.86. The zero-order valence-corrected chi connectivity index (χ0v) is 9.72. The maximum absolute atomic E-state index is 4.45. The van der Waals surface area contributed by atoms with Crippen LogP contribution in [0.4, 0.5) is 5.82 Å². The molecule has 0 spiro atoms. The van der Waals surface area contributed by atoms with E-state index in [1.54, 1.807) is 6.20 Å². The summed E-state index contributed by atoms with van der Waals surface area (Å²) >= 11 is 0. The molecule has 2 heterocycles. The molecule has 86 valence electrons. The number of rotatable bonds is 5. The van der Waals surface area contributed by atoms with Gasteiger partial charge in [0.05, 0.1) is 18.4 Å². The molecule has 0 atom stereocenters. The predicted octanol–water partition coefficient (Wildman–Crippen LogP) is 1.64. The normalized spacial score (nSPS) is 10.6. The second kappa shape index (κ2) is 4.83. The van der Waals surface area contributed by atoms with Crippen molar-refractivity contribution in [2.24, 2.45) is 7.05 Å². The highest BCUT2D eigenvalue weighted by Crippen LogP contribution is 2.06. The van der Waals surface area contributed by atoms with Crippen molar-refractivity contribution < 1.29 is 0 Å². The lowest BCUT2D eigenvalue weighted by Crippen LogP contribution is -2.06. The van der Waals surface area contributed by atoms with Crippen molar-refractivity contribution in [2.45, 2.75) is 26.4 Å². The lowest BCUT2D eigenvalue weighted by molar-refractivity contribution is 0.595. The molecule has 0 amide bonds. The largest absolute Gasteiger partial charge is 0.365 e. The smallest absolute Gasteiger partial charge is 0.124 e. The van der Waals surface area contributed by atoms with Crippen molar-refractivity contribution >= 4 is 5.82 Å². The lowest BCUT2D eigenvalue weighted by Gasteiger charge is -2.03. The number of hydrogen-bond donors (Lipinski definition) is 1. The highest BCUT2D eigenvalue weighted by atomic mass is 15.3. The Bertz CT molecular complexity index is 443. The Balaban J connectivity index is 1.92.